The smallest absolute Gasteiger partial charge is 0.0411 e. The molecule has 0 nitrogen and oxygen atoms in total. The third-order valence-electron chi connectivity index (χ3n) is 2.49. The van der Waals surface area contributed by atoms with Crippen LogP contribution in [0.5, 0.6) is 0 Å². The molecular weight excluding hydrogens is 216 g/mol. The number of rotatable bonds is 2. The Morgan fingerprint density at radius 1 is 0.938 bits per heavy atom. The Kier molecular flexibility index (Phi) is 3.43. The van der Waals surface area contributed by atoms with Gasteiger partial charge in [-0.2, -0.15) is 0 Å². The van der Waals surface area contributed by atoms with Crippen LogP contribution >= 0.6 is 11.6 Å². The van der Waals surface area contributed by atoms with Crippen LogP contribution in [0.1, 0.15) is 16.7 Å². The SMILES string of the molecule is Cc1ccccc1/C=C/c1cccc(Cl)c1. The van der Waals surface area contributed by atoms with Gasteiger partial charge in [0.15, 0.2) is 0 Å². The Hall–Kier alpha value is -1.53. The summed E-state index contributed by atoms with van der Waals surface area (Å²) >= 11 is 5.92. The predicted molar refractivity (Wildman–Crippen MR) is 71.6 cm³/mol. The van der Waals surface area contributed by atoms with Gasteiger partial charge in [0.05, 0.1) is 0 Å². The van der Waals surface area contributed by atoms with Gasteiger partial charge in [-0.25, -0.2) is 0 Å². The van der Waals surface area contributed by atoms with Crippen LogP contribution in [0.15, 0.2) is 48.5 Å². The molecule has 0 unspecified atom stereocenters. The van der Waals surface area contributed by atoms with Crippen molar-refractivity contribution in [1.29, 1.82) is 0 Å². The van der Waals surface area contributed by atoms with Crippen LogP contribution < -0.4 is 0 Å². The molecule has 0 aliphatic rings. The summed E-state index contributed by atoms with van der Waals surface area (Å²) in [4.78, 5) is 0. The monoisotopic (exact) mass is 228 g/mol. The van der Waals surface area contributed by atoms with E-state index in [-0.39, 0.29) is 0 Å². The van der Waals surface area contributed by atoms with E-state index in [4.69, 9.17) is 11.6 Å². The van der Waals surface area contributed by atoms with Gasteiger partial charge in [0.25, 0.3) is 0 Å². The molecule has 2 aromatic rings. The molecule has 0 aromatic heterocycles. The van der Waals surface area contributed by atoms with Crippen LogP contribution in [0.4, 0.5) is 0 Å². The molecule has 0 N–H and O–H groups in total. The molecule has 0 atom stereocenters. The molecule has 0 amide bonds. The van der Waals surface area contributed by atoms with E-state index in [9.17, 15) is 0 Å². The van der Waals surface area contributed by atoms with Crippen molar-refractivity contribution in [2.45, 2.75) is 6.92 Å². The van der Waals surface area contributed by atoms with Gasteiger partial charge in [0, 0.05) is 5.02 Å². The highest BCUT2D eigenvalue weighted by atomic mass is 35.5. The summed E-state index contributed by atoms with van der Waals surface area (Å²) in [5.41, 5.74) is 3.64. The van der Waals surface area contributed by atoms with Gasteiger partial charge in [-0.1, -0.05) is 60.2 Å². The minimum absolute atomic E-state index is 0.770. The Morgan fingerprint density at radius 3 is 2.50 bits per heavy atom. The molecule has 16 heavy (non-hydrogen) atoms. The highest BCUT2D eigenvalue weighted by Gasteiger charge is 1.92. The van der Waals surface area contributed by atoms with Gasteiger partial charge in [-0.15, -0.1) is 0 Å². The first kappa shape index (κ1) is 11.0. The average molecular weight is 229 g/mol. The van der Waals surface area contributed by atoms with Crippen molar-refractivity contribution in [1.82, 2.24) is 0 Å². The van der Waals surface area contributed by atoms with Gasteiger partial charge < -0.3 is 0 Å². The maximum absolute atomic E-state index is 5.92. The van der Waals surface area contributed by atoms with Crippen LogP contribution in [0.25, 0.3) is 12.2 Å². The molecule has 80 valence electrons. The summed E-state index contributed by atoms with van der Waals surface area (Å²) in [6.07, 6.45) is 4.19. The maximum Gasteiger partial charge on any atom is 0.0411 e. The van der Waals surface area contributed by atoms with Gasteiger partial charge in [0.2, 0.25) is 0 Å². The first-order valence-electron chi connectivity index (χ1n) is 5.25. The number of halogens is 1. The first-order chi connectivity index (χ1) is 7.75. The van der Waals surface area contributed by atoms with Gasteiger partial charge in [-0.3, -0.25) is 0 Å². The average Bonchev–Trinajstić information content (AvgIpc) is 2.28. The zero-order valence-corrected chi connectivity index (χ0v) is 9.91. The molecule has 0 aliphatic carbocycles. The van der Waals surface area contributed by atoms with Crippen LogP contribution in [-0.4, -0.2) is 0 Å². The topological polar surface area (TPSA) is 0 Å². The molecule has 0 heterocycles. The van der Waals surface area contributed by atoms with Crippen LogP contribution in [0, 0.1) is 6.92 Å². The number of benzene rings is 2. The third-order valence-corrected chi connectivity index (χ3v) is 2.73. The van der Waals surface area contributed by atoms with Crippen molar-refractivity contribution < 1.29 is 0 Å². The van der Waals surface area contributed by atoms with E-state index in [0.717, 1.165) is 10.6 Å². The lowest BCUT2D eigenvalue weighted by Gasteiger charge is -1.99. The molecule has 2 aromatic carbocycles. The van der Waals surface area contributed by atoms with Gasteiger partial charge in [0.1, 0.15) is 0 Å². The van der Waals surface area contributed by atoms with Crippen LogP contribution in [0.3, 0.4) is 0 Å². The fourth-order valence-electron chi connectivity index (χ4n) is 1.57. The summed E-state index contributed by atoms with van der Waals surface area (Å²) < 4.78 is 0. The van der Waals surface area contributed by atoms with Crippen molar-refractivity contribution in [3.63, 3.8) is 0 Å². The third kappa shape index (κ3) is 2.74. The lowest BCUT2D eigenvalue weighted by Crippen LogP contribution is -1.78. The van der Waals surface area contributed by atoms with Crippen molar-refractivity contribution >= 4 is 23.8 Å². The maximum atomic E-state index is 5.92. The molecule has 0 fully saturated rings. The van der Waals surface area contributed by atoms with Crippen molar-refractivity contribution in [2.24, 2.45) is 0 Å². The van der Waals surface area contributed by atoms with Crippen molar-refractivity contribution in [3.05, 3.63) is 70.2 Å². The Bertz CT molecular complexity index is 512. The van der Waals surface area contributed by atoms with E-state index in [1.54, 1.807) is 0 Å². The second-order valence-electron chi connectivity index (χ2n) is 3.74. The summed E-state index contributed by atoms with van der Waals surface area (Å²) in [5.74, 6) is 0. The Balaban J connectivity index is 2.25. The van der Waals surface area contributed by atoms with E-state index < -0.39 is 0 Å². The molecule has 0 saturated carbocycles. The number of hydrogen-bond donors (Lipinski definition) is 0. The summed E-state index contributed by atoms with van der Waals surface area (Å²) in [6, 6.07) is 16.1. The molecule has 0 saturated heterocycles. The Morgan fingerprint density at radius 2 is 1.75 bits per heavy atom. The summed E-state index contributed by atoms with van der Waals surface area (Å²) in [5, 5.41) is 0.770. The minimum Gasteiger partial charge on any atom is -0.0843 e. The fraction of sp³-hybridized carbons (Fsp3) is 0.0667. The zero-order valence-electron chi connectivity index (χ0n) is 9.15. The summed E-state index contributed by atoms with van der Waals surface area (Å²) in [6.45, 7) is 2.11. The second-order valence-corrected chi connectivity index (χ2v) is 4.18. The van der Waals surface area contributed by atoms with Crippen LogP contribution in [-0.2, 0) is 0 Å². The predicted octanol–water partition coefficient (Wildman–Crippen LogP) is 4.82. The molecule has 0 bridgehead atoms. The second kappa shape index (κ2) is 5.00. The molecule has 0 aliphatic heterocycles. The highest BCUT2D eigenvalue weighted by molar-refractivity contribution is 6.30. The largest absolute Gasteiger partial charge is 0.0843 e. The fourth-order valence-corrected chi connectivity index (χ4v) is 1.77. The van der Waals surface area contributed by atoms with E-state index in [0.29, 0.717) is 0 Å². The van der Waals surface area contributed by atoms with E-state index in [2.05, 4.69) is 31.2 Å². The quantitative estimate of drug-likeness (QED) is 0.647. The van der Waals surface area contributed by atoms with Crippen LogP contribution in [0.2, 0.25) is 5.02 Å². The number of aryl methyl sites for hydroxylation is 1. The standard InChI is InChI=1S/C15H13Cl/c1-12-5-2-3-7-14(12)10-9-13-6-4-8-15(16)11-13/h2-11H,1H3/b10-9+. The first-order valence-corrected chi connectivity index (χ1v) is 5.63. The molecular formula is C15H13Cl. The van der Waals surface area contributed by atoms with E-state index >= 15 is 0 Å². The molecule has 1 heteroatoms. The van der Waals surface area contributed by atoms with E-state index in [1.807, 2.05) is 36.4 Å². The lowest BCUT2D eigenvalue weighted by atomic mass is 10.1. The van der Waals surface area contributed by atoms with Crippen molar-refractivity contribution in [2.75, 3.05) is 0 Å². The Labute approximate surface area is 101 Å². The molecule has 0 radical (unpaired) electrons. The molecule has 0 spiro atoms. The minimum atomic E-state index is 0.770. The lowest BCUT2D eigenvalue weighted by molar-refractivity contribution is 1.45. The van der Waals surface area contributed by atoms with Crippen molar-refractivity contribution in [3.8, 4) is 0 Å². The van der Waals surface area contributed by atoms with Gasteiger partial charge in [-0.05, 0) is 35.7 Å². The molecule has 2 rings (SSSR count). The normalized spacial score (nSPS) is 10.9. The summed E-state index contributed by atoms with van der Waals surface area (Å²) in [7, 11) is 0. The van der Waals surface area contributed by atoms with Gasteiger partial charge >= 0.3 is 0 Å². The zero-order chi connectivity index (χ0) is 11.4. The number of hydrogen-bond acceptors (Lipinski definition) is 0. The van der Waals surface area contributed by atoms with E-state index in [1.165, 1.54) is 11.1 Å². The highest BCUT2D eigenvalue weighted by Crippen LogP contribution is 2.15.